The van der Waals surface area contributed by atoms with E-state index in [0.717, 1.165) is 11.1 Å². The lowest BCUT2D eigenvalue weighted by molar-refractivity contribution is 0.272. The highest BCUT2D eigenvalue weighted by molar-refractivity contribution is 6.36. The van der Waals surface area contributed by atoms with Gasteiger partial charge in [-0.2, -0.15) is 10.2 Å². The molecule has 4 nitrogen and oxygen atoms in total. The summed E-state index contributed by atoms with van der Waals surface area (Å²) in [4.78, 5) is 0. The summed E-state index contributed by atoms with van der Waals surface area (Å²) in [7, 11) is 3.77. The summed E-state index contributed by atoms with van der Waals surface area (Å²) < 4.78 is 0. The zero-order valence-corrected chi connectivity index (χ0v) is 17.4. The molecule has 0 heterocycles. The SMILES string of the molecule is CN(CCN(C)/N=C/c1ccc(Cl)cc1Cl)/N=C/c1ccc(Cl)cc1Cl. The van der Waals surface area contributed by atoms with E-state index in [9.17, 15) is 0 Å². The second-order valence-corrected chi connectivity index (χ2v) is 7.27. The van der Waals surface area contributed by atoms with Crippen LogP contribution in [0, 0.1) is 0 Å². The molecule has 0 bridgehead atoms. The minimum absolute atomic E-state index is 0.566. The van der Waals surface area contributed by atoms with Crippen molar-refractivity contribution in [2.45, 2.75) is 0 Å². The van der Waals surface area contributed by atoms with E-state index < -0.39 is 0 Å². The first-order chi connectivity index (χ1) is 12.3. The van der Waals surface area contributed by atoms with Crippen LogP contribution >= 0.6 is 46.4 Å². The second-order valence-electron chi connectivity index (χ2n) is 5.58. The first-order valence-electron chi connectivity index (χ1n) is 7.75. The molecular formula is C18H18Cl4N4. The number of benzene rings is 2. The Bertz CT molecular complexity index is 740. The van der Waals surface area contributed by atoms with E-state index in [1.54, 1.807) is 36.7 Å². The quantitative estimate of drug-likeness (QED) is 0.426. The van der Waals surface area contributed by atoms with Crippen molar-refractivity contribution in [3.63, 3.8) is 0 Å². The van der Waals surface area contributed by atoms with Crippen molar-refractivity contribution in [2.24, 2.45) is 10.2 Å². The highest BCUT2D eigenvalue weighted by atomic mass is 35.5. The van der Waals surface area contributed by atoms with Gasteiger partial charge < -0.3 is 0 Å². The van der Waals surface area contributed by atoms with Gasteiger partial charge in [0.05, 0.1) is 35.6 Å². The minimum Gasteiger partial charge on any atom is -0.298 e. The van der Waals surface area contributed by atoms with Gasteiger partial charge in [0.2, 0.25) is 0 Å². The monoisotopic (exact) mass is 430 g/mol. The average molecular weight is 432 g/mol. The van der Waals surface area contributed by atoms with Crippen molar-refractivity contribution in [2.75, 3.05) is 27.2 Å². The third-order valence-electron chi connectivity index (χ3n) is 3.46. The predicted octanol–water partition coefficient (Wildman–Crippen LogP) is 5.53. The average Bonchev–Trinajstić information content (AvgIpc) is 2.58. The summed E-state index contributed by atoms with van der Waals surface area (Å²) in [5.41, 5.74) is 1.62. The Balaban J connectivity index is 1.85. The Morgan fingerprint density at radius 1 is 0.731 bits per heavy atom. The molecule has 0 aliphatic rings. The summed E-state index contributed by atoms with van der Waals surface area (Å²) in [5, 5.41) is 14.7. The van der Waals surface area contributed by atoms with E-state index in [2.05, 4.69) is 10.2 Å². The Morgan fingerprint density at radius 2 is 1.12 bits per heavy atom. The van der Waals surface area contributed by atoms with Crippen molar-refractivity contribution in [1.29, 1.82) is 0 Å². The van der Waals surface area contributed by atoms with Gasteiger partial charge in [0, 0.05) is 35.3 Å². The summed E-state index contributed by atoms with van der Waals surface area (Å²) in [6, 6.07) is 10.6. The van der Waals surface area contributed by atoms with Gasteiger partial charge in [-0.1, -0.05) is 58.5 Å². The smallest absolute Gasteiger partial charge is 0.0557 e. The van der Waals surface area contributed by atoms with Gasteiger partial charge in [0.25, 0.3) is 0 Å². The van der Waals surface area contributed by atoms with Crippen LogP contribution in [0.4, 0.5) is 0 Å². The van der Waals surface area contributed by atoms with Crippen LogP contribution in [0.5, 0.6) is 0 Å². The zero-order valence-electron chi connectivity index (χ0n) is 14.3. The van der Waals surface area contributed by atoms with Crippen molar-refractivity contribution < 1.29 is 0 Å². The number of nitrogens with zero attached hydrogens (tertiary/aromatic N) is 4. The molecule has 0 saturated heterocycles. The van der Waals surface area contributed by atoms with Crippen molar-refractivity contribution in [3.8, 4) is 0 Å². The molecule has 0 N–H and O–H groups in total. The van der Waals surface area contributed by atoms with Gasteiger partial charge >= 0.3 is 0 Å². The molecule has 2 aromatic carbocycles. The predicted molar refractivity (Wildman–Crippen MR) is 113 cm³/mol. The minimum atomic E-state index is 0.566. The van der Waals surface area contributed by atoms with Crippen LogP contribution in [0.25, 0.3) is 0 Å². The van der Waals surface area contributed by atoms with Gasteiger partial charge in [-0.3, -0.25) is 10.0 Å². The maximum atomic E-state index is 6.12. The number of halogens is 4. The summed E-state index contributed by atoms with van der Waals surface area (Å²) in [6.07, 6.45) is 3.41. The number of hydrogen-bond acceptors (Lipinski definition) is 4. The molecule has 26 heavy (non-hydrogen) atoms. The molecule has 0 radical (unpaired) electrons. The molecule has 0 fully saturated rings. The molecule has 0 amide bonds. The Morgan fingerprint density at radius 3 is 1.46 bits per heavy atom. The van der Waals surface area contributed by atoms with Gasteiger partial charge in [-0.05, 0) is 24.3 Å². The lowest BCUT2D eigenvalue weighted by Crippen LogP contribution is -2.25. The fourth-order valence-corrected chi connectivity index (χ4v) is 2.85. The molecule has 2 rings (SSSR count). The Labute approximate surface area is 173 Å². The van der Waals surface area contributed by atoms with E-state index >= 15 is 0 Å². The first kappa shape index (κ1) is 20.8. The third-order valence-corrected chi connectivity index (χ3v) is 4.58. The molecule has 0 saturated carbocycles. The fraction of sp³-hybridized carbons (Fsp3) is 0.222. The lowest BCUT2D eigenvalue weighted by Gasteiger charge is -2.17. The standard InChI is InChI=1S/C18H18Cl4N4/c1-25(23-11-13-3-5-15(19)9-17(13)21)7-8-26(2)24-12-14-4-6-16(20)10-18(14)22/h3-6,9-12H,7-8H2,1-2H3/b23-11+,24-12+. The topological polar surface area (TPSA) is 31.2 Å². The van der Waals surface area contributed by atoms with Crippen LogP contribution in [-0.4, -0.2) is 49.6 Å². The summed E-state index contributed by atoms with van der Waals surface area (Å²) in [6.45, 7) is 1.37. The lowest BCUT2D eigenvalue weighted by atomic mass is 10.2. The van der Waals surface area contributed by atoms with E-state index in [4.69, 9.17) is 46.4 Å². The summed E-state index contributed by atoms with van der Waals surface area (Å²) in [5.74, 6) is 0. The van der Waals surface area contributed by atoms with E-state index in [1.807, 2.05) is 36.2 Å². The molecule has 2 aromatic rings. The molecule has 0 atom stereocenters. The fourth-order valence-electron chi connectivity index (χ4n) is 1.94. The maximum Gasteiger partial charge on any atom is 0.0557 e. The van der Waals surface area contributed by atoms with Crippen LogP contribution in [0.2, 0.25) is 20.1 Å². The largest absolute Gasteiger partial charge is 0.298 e. The molecule has 0 unspecified atom stereocenters. The number of hydrazone groups is 2. The molecule has 8 heteroatoms. The van der Waals surface area contributed by atoms with E-state index in [-0.39, 0.29) is 0 Å². The molecule has 138 valence electrons. The van der Waals surface area contributed by atoms with Crippen molar-refractivity contribution in [1.82, 2.24) is 10.0 Å². The van der Waals surface area contributed by atoms with Crippen LogP contribution in [0.3, 0.4) is 0 Å². The number of likely N-dealkylation sites (N-methyl/N-ethyl adjacent to an activating group) is 2. The summed E-state index contributed by atoms with van der Waals surface area (Å²) >= 11 is 24.0. The van der Waals surface area contributed by atoms with Gasteiger partial charge in [-0.15, -0.1) is 0 Å². The van der Waals surface area contributed by atoms with Gasteiger partial charge in [-0.25, -0.2) is 0 Å². The molecule has 0 aromatic heterocycles. The first-order valence-corrected chi connectivity index (χ1v) is 9.26. The van der Waals surface area contributed by atoms with Gasteiger partial charge in [0.1, 0.15) is 0 Å². The van der Waals surface area contributed by atoms with Crippen molar-refractivity contribution >= 4 is 58.8 Å². The van der Waals surface area contributed by atoms with E-state index in [0.29, 0.717) is 33.2 Å². The Kier molecular flexibility index (Phi) is 8.04. The van der Waals surface area contributed by atoms with E-state index in [1.165, 1.54) is 0 Å². The van der Waals surface area contributed by atoms with Crippen molar-refractivity contribution in [3.05, 3.63) is 67.6 Å². The highest BCUT2D eigenvalue weighted by Crippen LogP contribution is 2.20. The van der Waals surface area contributed by atoms with Crippen LogP contribution < -0.4 is 0 Å². The normalized spacial score (nSPS) is 11.5. The highest BCUT2D eigenvalue weighted by Gasteiger charge is 2.01. The molecule has 0 spiro atoms. The zero-order chi connectivity index (χ0) is 19.1. The maximum absolute atomic E-state index is 6.12. The number of rotatable bonds is 7. The molecular weight excluding hydrogens is 414 g/mol. The van der Waals surface area contributed by atoms with Crippen LogP contribution in [0.1, 0.15) is 11.1 Å². The number of hydrogen-bond donors (Lipinski definition) is 0. The molecule has 0 aliphatic heterocycles. The van der Waals surface area contributed by atoms with Gasteiger partial charge in [0.15, 0.2) is 0 Å². The Hall–Kier alpha value is -1.46. The molecule has 0 aliphatic carbocycles. The van der Waals surface area contributed by atoms with Crippen LogP contribution in [0.15, 0.2) is 46.6 Å². The third kappa shape index (κ3) is 6.69. The van der Waals surface area contributed by atoms with Crippen LogP contribution in [-0.2, 0) is 0 Å². The second kappa shape index (κ2) is 10.0.